The Balaban J connectivity index is 1.74. The predicted octanol–water partition coefficient (Wildman–Crippen LogP) is -0.834. The van der Waals surface area contributed by atoms with Crippen molar-refractivity contribution in [3.63, 3.8) is 0 Å². The molecule has 2 aliphatic heterocycles. The Bertz CT molecular complexity index is 173. The summed E-state index contributed by atoms with van der Waals surface area (Å²) >= 11 is 0. The van der Waals surface area contributed by atoms with Crippen molar-refractivity contribution in [2.45, 2.75) is 37.5 Å². The zero-order chi connectivity index (χ0) is 9.97. The summed E-state index contributed by atoms with van der Waals surface area (Å²) in [6.07, 6.45) is 2.72. The summed E-state index contributed by atoms with van der Waals surface area (Å²) in [5, 5.41) is 22.2. The van der Waals surface area contributed by atoms with Gasteiger partial charge in [0, 0.05) is 25.7 Å². The number of hydrogen-bond acceptors (Lipinski definition) is 4. The van der Waals surface area contributed by atoms with Gasteiger partial charge < -0.3 is 15.5 Å². The van der Waals surface area contributed by atoms with Crippen molar-refractivity contribution in [3.8, 4) is 0 Å². The minimum atomic E-state index is -0.543. The molecule has 0 amide bonds. The number of aliphatic hydroxyl groups is 2. The molecule has 0 bridgehead atoms. The highest BCUT2D eigenvalue weighted by atomic mass is 16.3. The maximum atomic E-state index is 9.39. The van der Waals surface area contributed by atoms with Gasteiger partial charge in [0.25, 0.3) is 0 Å². The van der Waals surface area contributed by atoms with E-state index in [2.05, 4.69) is 10.2 Å². The lowest BCUT2D eigenvalue weighted by atomic mass is 10.0. The fraction of sp³-hybridized carbons (Fsp3) is 1.00. The number of β-amino-alcohol motifs (C(OH)–C–C–N with tert-alkyl or cyclic N) is 2. The second kappa shape index (κ2) is 4.57. The van der Waals surface area contributed by atoms with Gasteiger partial charge in [-0.2, -0.15) is 0 Å². The summed E-state index contributed by atoms with van der Waals surface area (Å²) in [7, 11) is 0. The van der Waals surface area contributed by atoms with Gasteiger partial charge in [0.05, 0.1) is 12.2 Å². The maximum absolute atomic E-state index is 9.39. The Morgan fingerprint density at radius 2 is 1.86 bits per heavy atom. The quantitative estimate of drug-likeness (QED) is 0.544. The van der Waals surface area contributed by atoms with Crippen LogP contribution in [0.2, 0.25) is 0 Å². The molecule has 2 fully saturated rings. The Labute approximate surface area is 84.9 Å². The van der Waals surface area contributed by atoms with Crippen LogP contribution in [-0.2, 0) is 0 Å². The van der Waals surface area contributed by atoms with E-state index in [4.69, 9.17) is 0 Å². The van der Waals surface area contributed by atoms with E-state index in [1.54, 1.807) is 0 Å². The first-order valence-electron chi connectivity index (χ1n) is 5.57. The van der Waals surface area contributed by atoms with Crippen molar-refractivity contribution in [2.24, 2.45) is 0 Å². The maximum Gasteiger partial charge on any atom is 0.0938 e. The molecule has 0 saturated carbocycles. The molecule has 2 rings (SSSR count). The number of nitrogens with zero attached hydrogens (tertiary/aromatic N) is 1. The van der Waals surface area contributed by atoms with Crippen LogP contribution in [0.25, 0.3) is 0 Å². The molecule has 3 N–H and O–H groups in total. The lowest BCUT2D eigenvalue weighted by Crippen LogP contribution is -2.43. The molecule has 2 saturated heterocycles. The van der Waals surface area contributed by atoms with Crippen LogP contribution in [0.4, 0.5) is 0 Å². The van der Waals surface area contributed by atoms with E-state index >= 15 is 0 Å². The normalized spacial score (nSPS) is 40.3. The van der Waals surface area contributed by atoms with Gasteiger partial charge in [-0.1, -0.05) is 6.42 Å². The van der Waals surface area contributed by atoms with Crippen molar-refractivity contribution in [3.05, 3.63) is 0 Å². The highest BCUT2D eigenvalue weighted by molar-refractivity contribution is 4.86. The summed E-state index contributed by atoms with van der Waals surface area (Å²) in [4.78, 5) is 2.15. The van der Waals surface area contributed by atoms with Crippen molar-refractivity contribution >= 4 is 0 Å². The number of rotatable bonds is 2. The van der Waals surface area contributed by atoms with Crippen LogP contribution in [0.15, 0.2) is 0 Å². The molecule has 0 aromatic heterocycles. The minimum Gasteiger partial charge on any atom is -0.389 e. The van der Waals surface area contributed by atoms with Gasteiger partial charge in [-0.3, -0.25) is 4.90 Å². The van der Waals surface area contributed by atoms with Gasteiger partial charge in [-0.15, -0.1) is 0 Å². The molecular weight excluding hydrogens is 180 g/mol. The zero-order valence-electron chi connectivity index (χ0n) is 8.52. The first-order chi connectivity index (χ1) is 6.75. The van der Waals surface area contributed by atoms with Crippen molar-refractivity contribution in [1.82, 2.24) is 10.2 Å². The summed E-state index contributed by atoms with van der Waals surface area (Å²) < 4.78 is 0. The topological polar surface area (TPSA) is 55.7 Å². The van der Waals surface area contributed by atoms with Crippen molar-refractivity contribution in [2.75, 3.05) is 26.2 Å². The molecule has 0 aliphatic carbocycles. The molecule has 2 heterocycles. The third kappa shape index (κ3) is 2.45. The monoisotopic (exact) mass is 200 g/mol. The first-order valence-corrected chi connectivity index (χ1v) is 5.57. The molecule has 82 valence electrons. The van der Waals surface area contributed by atoms with Crippen molar-refractivity contribution in [1.29, 1.82) is 0 Å². The second-order valence-electron chi connectivity index (χ2n) is 4.50. The molecule has 14 heavy (non-hydrogen) atoms. The molecule has 0 aromatic carbocycles. The summed E-state index contributed by atoms with van der Waals surface area (Å²) in [6, 6.07) is 0.557. The minimum absolute atomic E-state index is 0.543. The summed E-state index contributed by atoms with van der Waals surface area (Å²) in [5.74, 6) is 0. The lowest BCUT2D eigenvalue weighted by molar-refractivity contribution is 0.0572. The molecule has 3 atom stereocenters. The van der Waals surface area contributed by atoms with E-state index in [1.807, 2.05) is 0 Å². The number of aliphatic hydroxyl groups excluding tert-OH is 2. The third-order valence-electron chi connectivity index (χ3n) is 3.23. The number of piperidine rings is 1. The molecule has 0 radical (unpaired) electrons. The smallest absolute Gasteiger partial charge is 0.0938 e. The van der Waals surface area contributed by atoms with Gasteiger partial charge >= 0.3 is 0 Å². The highest BCUT2D eigenvalue weighted by Crippen LogP contribution is 2.13. The fourth-order valence-electron chi connectivity index (χ4n) is 2.39. The second-order valence-corrected chi connectivity index (χ2v) is 4.50. The van der Waals surface area contributed by atoms with Crippen LogP contribution in [0.5, 0.6) is 0 Å². The molecule has 0 aromatic rings. The number of hydrogen-bond donors (Lipinski definition) is 3. The Morgan fingerprint density at radius 1 is 1.14 bits per heavy atom. The van der Waals surface area contributed by atoms with E-state index in [-0.39, 0.29) is 0 Å². The van der Waals surface area contributed by atoms with E-state index < -0.39 is 12.2 Å². The van der Waals surface area contributed by atoms with Gasteiger partial charge in [-0.05, 0) is 19.4 Å². The van der Waals surface area contributed by atoms with E-state index in [0.717, 1.165) is 13.1 Å². The molecular formula is C10H20N2O2. The Morgan fingerprint density at radius 3 is 2.43 bits per heavy atom. The van der Waals surface area contributed by atoms with Gasteiger partial charge in [0.1, 0.15) is 0 Å². The van der Waals surface area contributed by atoms with Gasteiger partial charge in [0.15, 0.2) is 0 Å². The van der Waals surface area contributed by atoms with Crippen LogP contribution < -0.4 is 5.32 Å². The zero-order valence-corrected chi connectivity index (χ0v) is 8.52. The first kappa shape index (κ1) is 10.4. The van der Waals surface area contributed by atoms with Gasteiger partial charge in [-0.25, -0.2) is 0 Å². The van der Waals surface area contributed by atoms with Crippen LogP contribution in [0, 0.1) is 0 Å². The van der Waals surface area contributed by atoms with E-state index in [1.165, 1.54) is 19.3 Å². The molecule has 4 nitrogen and oxygen atoms in total. The SMILES string of the molecule is OC1CN(CC2CCCCN2)CC1O. The van der Waals surface area contributed by atoms with E-state index in [9.17, 15) is 10.2 Å². The van der Waals surface area contributed by atoms with Gasteiger partial charge in [0.2, 0.25) is 0 Å². The standard InChI is InChI=1S/C10H20N2O2/c13-9-6-12(7-10(9)14)5-8-3-1-2-4-11-8/h8-11,13-14H,1-7H2. The molecule has 0 spiro atoms. The highest BCUT2D eigenvalue weighted by Gasteiger charge is 2.30. The summed E-state index contributed by atoms with van der Waals surface area (Å²) in [5.41, 5.74) is 0. The van der Waals surface area contributed by atoms with Crippen LogP contribution in [-0.4, -0.2) is 59.5 Å². The lowest BCUT2D eigenvalue weighted by Gasteiger charge is -2.27. The number of nitrogens with one attached hydrogen (secondary N) is 1. The van der Waals surface area contributed by atoms with E-state index in [0.29, 0.717) is 19.1 Å². The Kier molecular flexibility index (Phi) is 3.38. The fourth-order valence-corrected chi connectivity index (χ4v) is 2.39. The number of likely N-dealkylation sites (tertiary alicyclic amines) is 1. The van der Waals surface area contributed by atoms with Crippen LogP contribution in [0.1, 0.15) is 19.3 Å². The Hall–Kier alpha value is -0.160. The summed E-state index contributed by atoms with van der Waals surface area (Å²) in [6.45, 7) is 3.33. The van der Waals surface area contributed by atoms with Crippen LogP contribution in [0.3, 0.4) is 0 Å². The van der Waals surface area contributed by atoms with Crippen molar-refractivity contribution < 1.29 is 10.2 Å². The molecule has 2 aliphatic rings. The largest absolute Gasteiger partial charge is 0.389 e. The predicted molar refractivity (Wildman–Crippen MR) is 54.1 cm³/mol. The average Bonchev–Trinajstić information content (AvgIpc) is 2.47. The third-order valence-corrected chi connectivity index (χ3v) is 3.23. The molecule has 4 heteroatoms. The molecule has 3 unspecified atom stereocenters. The average molecular weight is 200 g/mol. The van der Waals surface area contributed by atoms with Crippen LogP contribution >= 0.6 is 0 Å².